The summed E-state index contributed by atoms with van der Waals surface area (Å²) in [5, 5.41) is 3.33. The van der Waals surface area contributed by atoms with Crippen LogP contribution >= 0.6 is 0 Å². The molecule has 21 heavy (non-hydrogen) atoms. The van der Waals surface area contributed by atoms with Crippen molar-refractivity contribution in [3.63, 3.8) is 0 Å². The summed E-state index contributed by atoms with van der Waals surface area (Å²) in [6.07, 6.45) is 0. The molecule has 1 heterocycles. The fraction of sp³-hybridized carbons (Fsp3) is 0.600. The van der Waals surface area contributed by atoms with E-state index in [1.165, 1.54) is 0 Å². The van der Waals surface area contributed by atoms with E-state index in [1.807, 2.05) is 12.1 Å². The smallest absolute Gasteiger partial charge is 0.180 e. The lowest BCUT2D eigenvalue weighted by atomic mass is 10.2. The Morgan fingerprint density at radius 2 is 1.95 bits per heavy atom. The van der Waals surface area contributed by atoms with Gasteiger partial charge in [-0.2, -0.15) is 0 Å². The Morgan fingerprint density at radius 1 is 1.24 bits per heavy atom. The predicted molar refractivity (Wildman–Crippen MR) is 86.6 cm³/mol. The van der Waals surface area contributed by atoms with Gasteiger partial charge in [0.2, 0.25) is 0 Å². The summed E-state index contributed by atoms with van der Waals surface area (Å²) in [6.45, 7) is 5.53. The number of nitrogens with zero attached hydrogens (tertiary/aromatic N) is 2. The summed E-state index contributed by atoms with van der Waals surface area (Å²) in [6, 6.07) is 7.55. The van der Waals surface area contributed by atoms with Gasteiger partial charge in [-0.15, -0.1) is 0 Å². The van der Waals surface area contributed by atoms with Gasteiger partial charge in [0.1, 0.15) is 0 Å². The summed E-state index contributed by atoms with van der Waals surface area (Å²) in [4.78, 5) is 5.03. The molecule has 1 N–H and O–H groups in total. The summed E-state index contributed by atoms with van der Waals surface area (Å²) < 4.78 is 24.3. The number of hydrogen-bond acceptors (Lipinski definition) is 5. The highest BCUT2D eigenvalue weighted by molar-refractivity contribution is 7.91. The lowest BCUT2D eigenvalue weighted by Gasteiger charge is -2.38. The van der Waals surface area contributed by atoms with Crippen molar-refractivity contribution in [2.24, 2.45) is 0 Å². The molecule has 1 unspecified atom stereocenters. The van der Waals surface area contributed by atoms with E-state index < -0.39 is 9.84 Å². The maximum Gasteiger partial charge on any atom is 0.180 e. The van der Waals surface area contributed by atoms with Gasteiger partial charge < -0.3 is 10.2 Å². The van der Waals surface area contributed by atoms with E-state index in [-0.39, 0.29) is 5.75 Å². The van der Waals surface area contributed by atoms with Gasteiger partial charge in [-0.1, -0.05) is 19.1 Å². The van der Waals surface area contributed by atoms with Crippen LogP contribution in [0, 0.1) is 0 Å². The largest absolute Gasteiger partial charge is 0.382 e. The molecular formula is C15H25N3O2S. The third-order valence-corrected chi connectivity index (χ3v) is 5.90. The number of anilines is 1. The average Bonchev–Trinajstić information content (AvgIpc) is 2.48. The molecule has 2 rings (SSSR count). The third kappa shape index (κ3) is 3.96. The van der Waals surface area contributed by atoms with Crippen LogP contribution in [-0.4, -0.2) is 70.3 Å². The molecule has 0 aromatic heterocycles. The van der Waals surface area contributed by atoms with Crippen molar-refractivity contribution in [1.82, 2.24) is 9.80 Å². The zero-order valence-electron chi connectivity index (χ0n) is 13.0. The monoisotopic (exact) mass is 311 g/mol. The van der Waals surface area contributed by atoms with Crippen molar-refractivity contribution in [3.8, 4) is 0 Å². The van der Waals surface area contributed by atoms with Gasteiger partial charge in [-0.05, 0) is 26.2 Å². The first-order valence-electron chi connectivity index (χ1n) is 7.38. The minimum atomic E-state index is -3.19. The SMILES string of the molecule is CCS(=O)(=O)c1ccccc1NCC1CN(C)CCN1C. The van der Waals surface area contributed by atoms with E-state index in [2.05, 4.69) is 29.2 Å². The second-order valence-corrected chi connectivity index (χ2v) is 7.92. The number of benzene rings is 1. The van der Waals surface area contributed by atoms with Gasteiger partial charge >= 0.3 is 0 Å². The van der Waals surface area contributed by atoms with Gasteiger partial charge in [0, 0.05) is 32.2 Å². The molecule has 118 valence electrons. The second kappa shape index (κ2) is 6.77. The highest BCUT2D eigenvalue weighted by Crippen LogP contribution is 2.22. The maximum absolute atomic E-state index is 12.1. The number of hydrogen-bond donors (Lipinski definition) is 1. The molecule has 0 bridgehead atoms. The quantitative estimate of drug-likeness (QED) is 0.884. The van der Waals surface area contributed by atoms with Crippen molar-refractivity contribution in [3.05, 3.63) is 24.3 Å². The Labute approximate surface area is 127 Å². The van der Waals surface area contributed by atoms with Crippen LogP contribution in [0.1, 0.15) is 6.92 Å². The second-order valence-electron chi connectivity index (χ2n) is 5.68. The van der Waals surface area contributed by atoms with Crippen LogP contribution in [0.3, 0.4) is 0 Å². The van der Waals surface area contributed by atoms with Crippen LogP contribution in [0.5, 0.6) is 0 Å². The predicted octanol–water partition coefficient (Wildman–Crippen LogP) is 1.14. The Kier molecular flexibility index (Phi) is 5.24. The van der Waals surface area contributed by atoms with Crippen LogP contribution < -0.4 is 5.32 Å². The molecule has 6 heteroatoms. The summed E-state index contributed by atoms with van der Waals surface area (Å²) in [5.41, 5.74) is 0.709. The molecule has 0 radical (unpaired) electrons. The van der Waals surface area contributed by atoms with Gasteiger partial charge in [0.05, 0.1) is 16.3 Å². The number of rotatable bonds is 5. The van der Waals surface area contributed by atoms with Gasteiger partial charge in [-0.25, -0.2) is 8.42 Å². The number of sulfone groups is 1. The summed E-state index contributed by atoms with van der Waals surface area (Å²) in [7, 11) is 1.05. The van der Waals surface area contributed by atoms with Crippen molar-refractivity contribution in [1.29, 1.82) is 0 Å². The average molecular weight is 311 g/mol. The van der Waals surface area contributed by atoms with Gasteiger partial charge in [-0.3, -0.25) is 4.90 Å². The van der Waals surface area contributed by atoms with Gasteiger partial charge in [0.15, 0.2) is 9.84 Å². The molecule has 1 atom stereocenters. The lowest BCUT2D eigenvalue weighted by molar-refractivity contribution is 0.122. The van der Waals surface area contributed by atoms with Crippen LogP contribution in [0.15, 0.2) is 29.2 Å². The van der Waals surface area contributed by atoms with Crippen molar-refractivity contribution in [2.45, 2.75) is 17.9 Å². The summed E-state index contributed by atoms with van der Waals surface area (Å²) >= 11 is 0. The zero-order chi connectivity index (χ0) is 15.5. The number of nitrogens with one attached hydrogen (secondary N) is 1. The molecule has 1 fully saturated rings. The molecule has 1 aromatic rings. The van der Waals surface area contributed by atoms with Gasteiger partial charge in [0.25, 0.3) is 0 Å². The normalized spacial score (nSPS) is 21.4. The fourth-order valence-electron chi connectivity index (χ4n) is 2.59. The standard InChI is InChI=1S/C15H25N3O2S/c1-4-21(19,20)15-8-6-5-7-14(15)16-11-13-12-17(2)9-10-18(13)3/h5-8,13,16H,4,9-12H2,1-3H3. The molecular weight excluding hydrogens is 286 g/mol. The topological polar surface area (TPSA) is 52.7 Å². The number of piperazine rings is 1. The first-order chi connectivity index (χ1) is 9.94. The van der Waals surface area contributed by atoms with Crippen LogP contribution in [0.25, 0.3) is 0 Å². The van der Waals surface area contributed by atoms with E-state index in [4.69, 9.17) is 0 Å². The molecule has 0 saturated carbocycles. The van der Waals surface area contributed by atoms with Crippen LogP contribution in [0.4, 0.5) is 5.69 Å². The molecule has 1 aliphatic rings. The van der Waals surface area contributed by atoms with E-state index in [1.54, 1.807) is 19.1 Å². The Bertz CT molecular complexity index is 574. The molecule has 1 aromatic carbocycles. The molecule has 0 amide bonds. The highest BCUT2D eigenvalue weighted by atomic mass is 32.2. The highest BCUT2D eigenvalue weighted by Gasteiger charge is 2.23. The molecule has 1 aliphatic heterocycles. The molecule has 1 saturated heterocycles. The van der Waals surface area contributed by atoms with Crippen LogP contribution in [-0.2, 0) is 9.84 Å². The molecule has 0 spiro atoms. The number of para-hydroxylation sites is 1. The Balaban J connectivity index is 2.10. The lowest BCUT2D eigenvalue weighted by Crippen LogP contribution is -2.52. The Morgan fingerprint density at radius 3 is 2.67 bits per heavy atom. The van der Waals surface area contributed by atoms with E-state index in [0.29, 0.717) is 16.6 Å². The van der Waals surface area contributed by atoms with Crippen molar-refractivity contribution < 1.29 is 8.42 Å². The fourth-order valence-corrected chi connectivity index (χ4v) is 3.66. The minimum Gasteiger partial charge on any atom is -0.382 e. The zero-order valence-corrected chi connectivity index (χ0v) is 13.9. The summed E-state index contributed by atoms with van der Waals surface area (Å²) in [5.74, 6) is 0.123. The third-order valence-electron chi connectivity index (χ3n) is 4.11. The molecule has 0 aliphatic carbocycles. The van der Waals surface area contributed by atoms with E-state index in [9.17, 15) is 8.42 Å². The van der Waals surface area contributed by atoms with Crippen molar-refractivity contribution in [2.75, 3.05) is 51.3 Å². The van der Waals surface area contributed by atoms with Crippen LogP contribution in [0.2, 0.25) is 0 Å². The molecule has 5 nitrogen and oxygen atoms in total. The van der Waals surface area contributed by atoms with E-state index >= 15 is 0 Å². The first kappa shape index (κ1) is 16.3. The van der Waals surface area contributed by atoms with E-state index in [0.717, 1.165) is 26.2 Å². The number of likely N-dealkylation sites (N-methyl/N-ethyl adjacent to an activating group) is 2. The minimum absolute atomic E-state index is 0.123. The maximum atomic E-state index is 12.1. The Hall–Kier alpha value is -1.11. The first-order valence-corrected chi connectivity index (χ1v) is 9.03. The van der Waals surface area contributed by atoms with Crippen molar-refractivity contribution >= 4 is 15.5 Å².